The first-order valence-corrected chi connectivity index (χ1v) is 7.30. The van der Waals surface area contributed by atoms with Gasteiger partial charge < -0.3 is 15.0 Å². The van der Waals surface area contributed by atoms with Crippen LogP contribution in [0.1, 0.15) is 18.5 Å². The van der Waals surface area contributed by atoms with Crippen LogP contribution in [0.3, 0.4) is 0 Å². The highest BCUT2D eigenvalue weighted by Crippen LogP contribution is 2.17. The molecule has 0 spiro atoms. The number of rotatable bonds is 4. The average Bonchev–Trinajstić information content (AvgIpc) is 2.45. The van der Waals surface area contributed by atoms with Crippen LogP contribution in [0.25, 0.3) is 0 Å². The Morgan fingerprint density at radius 2 is 2.21 bits per heavy atom. The Balaban J connectivity index is 1.82. The topological polar surface area (TPSA) is 41.6 Å². The Labute approximate surface area is 122 Å². The zero-order chi connectivity index (χ0) is 13.7. The molecule has 0 unspecified atom stereocenters. The van der Waals surface area contributed by atoms with Gasteiger partial charge in [0.25, 0.3) is 0 Å². The van der Waals surface area contributed by atoms with Gasteiger partial charge in [0.05, 0.1) is 19.8 Å². The van der Waals surface area contributed by atoms with E-state index in [1.54, 1.807) is 0 Å². The fraction of sp³-hybridized carbons (Fsp3) is 0.500. The Morgan fingerprint density at radius 1 is 1.47 bits per heavy atom. The van der Waals surface area contributed by atoms with Gasteiger partial charge in [-0.3, -0.25) is 4.79 Å². The number of nitrogens with zero attached hydrogens (tertiary/aromatic N) is 1. The lowest BCUT2D eigenvalue weighted by atomic mass is 10.1. The summed E-state index contributed by atoms with van der Waals surface area (Å²) in [6.45, 7) is 5.12. The van der Waals surface area contributed by atoms with Crippen molar-refractivity contribution in [2.45, 2.75) is 13.0 Å². The van der Waals surface area contributed by atoms with Gasteiger partial charge in [-0.15, -0.1) is 0 Å². The number of hydrogen-bond donors (Lipinski definition) is 1. The minimum Gasteiger partial charge on any atom is -0.378 e. The first-order valence-electron chi connectivity index (χ1n) is 6.51. The molecule has 5 heteroatoms. The van der Waals surface area contributed by atoms with Gasteiger partial charge >= 0.3 is 0 Å². The third kappa shape index (κ3) is 4.30. The summed E-state index contributed by atoms with van der Waals surface area (Å²) < 4.78 is 6.29. The number of amides is 1. The lowest BCUT2D eigenvalue weighted by Gasteiger charge is -2.27. The number of benzene rings is 1. The van der Waals surface area contributed by atoms with Crippen LogP contribution in [0.5, 0.6) is 0 Å². The molecular weight excluding hydrogens is 308 g/mol. The lowest BCUT2D eigenvalue weighted by Crippen LogP contribution is -2.45. The molecule has 0 aliphatic carbocycles. The van der Waals surface area contributed by atoms with E-state index >= 15 is 0 Å². The van der Waals surface area contributed by atoms with E-state index in [1.165, 1.54) is 5.56 Å². The average molecular weight is 327 g/mol. The Hall–Kier alpha value is -0.910. The SMILES string of the molecule is C[C@H](NCC(=O)N1CCOCC1)c1cccc(Br)c1. The van der Waals surface area contributed by atoms with E-state index in [4.69, 9.17) is 4.74 Å². The van der Waals surface area contributed by atoms with E-state index in [1.807, 2.05) is 17.0 Å². The number of carbonyl (C=O) groups excluding carboxylic acids is 1. The van der Waals surface area contributed by atoms with Gasteiger partial charge in [0, 0.05) is 23.6 Å². The molecule has 0 bridgehead atoms. The molecule has 0 saturated carbocycles. The first-order chi connectivity index (χ1) is 9.16. The third-order valence-electron chi connectivity index (χ3n) is 3.27. The predicted octanol–water partition coefficient (Wildman–Crippen LogP) is 1.96. The van der Waals surface area contributed by atoms with Gasteiger partial charge in [-0.05, 0) is 24.6 Å². The highest BCUT2D eigenvalue weighted by Gasteiger charge is 2.17. The number of nitrogens with one attached hydrogen (secondary N) is 1. The van der Waals surface area contributed by atoms with Gasteiger partial charge in [0.1, 0.15) is 0 Å². The molecule has 1 fully saturated rings. The molecule has 1 N–H and O–H groups in total. The number of morpholine rings is 1. The number of ether oxygens (including phenoxy) is 1. The lowest BCUT2D eigenvalue weighted by molar-refractivity contribution is -0.134. The van der Waals surface area contributed by atoms with Crippen LogP contribution in [0.15, 0.2) is 28.7 Å². The zero-order valence-electron chi connectivity index (χ0n) is 11.1. The van der Waals surface area contributed by atoms with Crippen molar-refractivity contribution in [3.8, 4) is 0 Å². The quantitative estimate of drug-likeness (QED) is 0.919. The molecule has 1 aliphatic heterocycles. The fourth-order valence-electron chi connectivity index (χ4n) is 2.06. The van der Waals surface area contributed by atoms with Gasteiger partial charge in [-0.25, -0.2) is 0 Å². The summed E-state index contributed by atoms with van der Waals surface area (Å²) in [5.74, 6) is 0.144. The Kier molecular flexibility index (Phi) is 5.36. The van der Waals surface area contributed by atoms with Crippen molar-refractivity contribution < 1.29 is 9.53 Å². The van der Waals surface area contributed by atoms with Gasteiger partial charge in [-0.2, -0.15) is 0 Å². The van der Waals surface area contributed by atoms with Crippen LogP contribution in [0.4, 0.5) is 0 Å². The normalized spacial score (nSPS) is 17.3. The monoisotopic (exact) mass is 326 g/mol. The third-order valence-corrected chi connectivity index (χ3v) is 3.77. The summed E-state index contributed by atoms with van der Waals surface area (Å²) >= 11 is 3.46. The van der Waals surface area contributed by atoms with Gasteiger partial charge in [-0.1, -0.05) is 28.1 Å². The van der Waals surface area contributed by atoms with Gasteiger partial charge in [0.15, 0.2) is 0 Å². The molecule has 0 aromatic heterocycles. The van der Waals surface area contributed by atoms with Crippen molar-refractivity contribution in [2.75, 3.05) is 32.8 Å². The van der Waals surface area contributed by atoms with E-state index in [0.717, 1.165) is 4.47 Å². The van der Waals surface area contributed by atoms with E-state index in [-0.39, 0.29) is 11.9 Å². The smallest absolute Gasteiger partial charge is 0.236 e. The molecule has 19 heavy (non-hydrogen) atoms. The van der Waals surface area contributed by atoms with Crippen LogP contribution in [-0.2, 0) is 9.53 Å². The minimum atomic E-state index is 0.144. The summed E-state index contributed by atoms with van der Waals surface area (Å²) in [6.07, 6.45) is 0. The zero-order valence-corrected chi connectivity index (χ0v) is 12.6. The second-order valence-corrected chi connectivity index (χ2v) is 5.57. The van der Waals surface area contributed by atoms with E-state index in [9.17, 15) is 4.79 Å². The molecular formula is C14H19BrN2O2. The summed E-state index contributed by atoms with van der Waals surface area (Å²) in [7, 11) is 0. The van der Waals surface area contributed by atoms with Crippen molar-refractivity contribution in [1.29, 1.82) is 0 Å². The van der Waals surface area contributed by atoms with Gasteiger partial charge in [0.2, 0.25) is 5.91 Å². The molecule has 4 nitrogen and oxygen atoms in total. The maximum Gasteiger partial charge on any atom is 0.236 e. The first kappa shape index (κ1) is 14.5. The predicted molar refractivity (Wildman–Crippen MR) is 78.0 cm³/mol. The van der Waals surface area contributed by atoms with E-state index in [0.29, 0.717) is 32.8 Å². The van der Waals surface area contributed by atoms with Crippen molar-refractivity contribution in [3.05, 3.63) is 34.3 Å². The molecule has 1 aromatic rings. The Bertz CT molecular complexity index is 433. The van der Waals surface area contributed by atoms with Crippen molar-refractivity contribution in [1.82, 2.24) is 10.2 Å². The maximum absolute atomic E-state index is 12.0. The number of halogens is 1. The summed E-state index contributed by atoms with van der Waals surface area (Å²) in [5, 5.41) is 3.27. The molecule has 1 atom stereocenters. The van der Waals surface area contributed by atoms with Crippen LogP contribution in [0.2, 0.25) is 0 Å². The highest BCUT2D eigenvalue weighted by molar-refractivity contribution is 9.10. The largest absolute Gasteiger partial charge is 0.378 e. The van der Waals surface area contributed by atoms with Crippen LogP contribution in [0, 0.1) is 0 Å². The molecule has 104 valence electrons. The van der Waals surface area contributed by atoms with Crippen molar-refractivity contribution >= 4 is 21.8 Å². The molecule has 1 aliphatic rings. The Morgan fingerprint density at radius 3 is 2.89 bits per heavy atom. The standard InChI is InChI=1S/C14H19BrN2O2/c1-11(12-3-2-4-13(15)9-12)16-10-14(18)17-5-7-19-8-6-17/h2-4,9,11,16H,5-8,10H2,1H3/t11-/m0/s1. The molecule has 0 radical (unpaired) electrons. The van der Waals surface area contributed by atoms with Crippen LogP contribution in [-0.4, -0.2) is 43.7 Å². The molecule has 1 saturated heterocycles. The molecule has 1 aromatic carbocycles. The molecule has 2 rings (SSSR count). The molecule has 1 amide bonds. The molecule has 1 heterocycles. The second kappa shape index (κ2) is 7.03. The summed E-state index contributed by atoms with van der Waals surface area (Å²) in [6, 6.07) is 8.28. The number of hydrogen-bond acceptors (Lipinski definition) is 3. The van der Waals surface area contributed by atoms with Crippen LogP contribution >= 0.6 is 15.9 Å². The highest BCUT2D eigenvalue weighted by atomic mass is 79.9. The van der Waals surface area contributed by atoms with E-state index < -0.39 is 0 Å². The summed E-state index contributed by atoms with van der Waals surface area (Å²) in [4.78, 5) is 13.9. The van der Waals surface area contributed by atoms with Crippen molar-refractivity contribution in [3.63, 3.8) is 0 Å². The number of carbonyl (C=O) groups is 1. The summed E-state index contributed by atoms with van der Waals surface area (Å²) in [5.41, 5.74) is 1.17. The van der Waals surface area contributed by atoms with Crippen LogP contribution < -0.4 is 5.32 Å². The van der Waals surface area contributed by atoms with E-state index in [2.05, 4.69) is 40.3 Å². The van der Waals surface area contributed by atoms with Crippen molar-refractivity contribution in [2.24, 2.45) is 0 Å². The second-order valence-electron chi connectivity index (χ2n) is 4.65. The maximum atomic E-state index is 12.0. The minimum absolute atomic E-state index is 0.144. The fourth-order valence-corrected chi connectivity index (χ4v) is 2.48.